The molecule has 78 valence electrons. The van der Waals surface area contributed by atoms with Gasteiger partial charge in [0.15, 0.2) is 0 Å². The van der Waals surface area contributed by atoms with Gasteiger partial charge in [-0.2, -0.15) is 0 Å². The van der Waals surface area contributed by atoms with Crippen LogP contribution in [0.3, 0.4) is 0 Å². The molecule has 0 bridgehead atoms. The molecule has 1 rings (SSSR count). The van der Waals surface area contributed by atoms with Gasteiger partial charge in [-0.25, -0.2) is 0 Å². The molecule has 1 aromatic rings. The maximum atomic E-state index is 10.6. The normalized spacial score (nSPS) is 13.9. The van der Waals surface area contributed by atoms with E-state index in [1.54, 1.807) is 0 Å². The third kappa shape index (κ3) is 2.97. The van der Waals surface area contributed by atoms with Crippen molar-refractivity contribution < 1.29 is 16.9 Å². The first-order valence-corrected chi connectivity index (χ1v) is 6.51. The van der Waals surface area contributed by atoms with Gasteiger partial charge in [0.25, 0.3) is 0 Å². The van der Waals surface area contributed by atoms with Crippen LogP contribution >= 0.6 is 0 Å². The minimum absolute atomic E-state index is 0. The molecule has 1 unspecified atom stereocenters. The van der Waals surface area contributed by atoms with Crippen LogP contribution in [0.2, 0.25) is 0 Å². The summed E-state index contributed by atoms with van der Waals surface area (Å²) in [6.45, 7) is 0. The van der Waals surface area contributed by atoms with Gasteiger partial charge in [-0.05, 0) is 0 Å². The summed E-state index contributed by atoms with van der Waals surface area (Å²) in [4.78, 5) is 9.51. The Balaban J connectivity index is 0.00000169. The summed E-state index contributed by atoms with van der Waals surface area (Å²) in [7, 11) is 0. The van der Waals surface area contributed by atoms with Crippen LogP contribution < -0.4 is 14.6 Å². The Labute approximate surface area is 82.1 Å². The number of nitro benzene ring substituents is 1. The zero-order valence-electron chi connectivity index (χ0n) is 6.99. The quantitative estimate of drug-likeness (QED) is 0.385. The Morgan fingerprint density at radius 2 is 1.71 bits per heavy atom. The third-order valence-corrected chi connectivity index (χ3v) is 3.38. The fraction of sp³-hybridized carbons (Fsp3) is 0. The molecule has 0 radical (unpaired) electrons. The molecule has 8 heteroatoms. The average molecular weight is 263 g/mol. The summed E-state index contributed by atoms with van der Waals surface area (Å²) >= 11 is -5.14. The van der Waals surface area contributed by atoms with Crippen LogP contribution in [-0.2, 0) is 3.74 Å². The van der Waals surface area contributed by atoms with E-state index in [4.69, 9.17) is 4.10 Å². The molecule has 0 fully saturated rings. The number of non-ortho nitro benzene ring substituents is 1. The van der Waals surface area contributed by atoms with Crippen molar-refractivity contribution in [3.63, 3.8) is 0 Å². The van der Waals surface area contributed by atoms with Crippen LogP contribution in [0, 0.1) is 10.1 Å². The zero-order valence-corrected chi connectivity index (χ0v) is 8.87. The van der Waals surface area contributed by atoms with Crippen LogP contribution in [0.25, 0.3) is 0 Å². The van der Waals surface area contributed by atoms with Crippen molar-refractivity contribution in [2.24, 2.45) is 0 Å². The van der Waals surface area contributed by atoms with E-state index < -0.39 is 19.1 Å². The summed E-state index contributed by atoms with van der Waals surface area (Å²) in [6.07, 6.45) is 0. The molecule has 0 aliphatic carbocycles. The van der Waals surface area contributed by atoms with E-state index in [9.17, 15) is 17.9 Å². The van der Waals surface area contributed by atoms with E-state index in [1.165, 1.54) is 0 Å². The molecule has 4 N–H and O–H groups in total. The number of benzene rings is 1. The van der Waals surface area contributed by atoms with Crippen LogP contribution in [0.15, 0.2) is 24.3 Å². The van der Waals surface area contributed by atoms with Crippen molar-refractivity contribution in [1.29, 1.82) is 0 Å². The van der Waals surface area contributed by atoms with Gasteiger partial charge in [0, 0.05) is 0 Å². The first-order valence-electron chi connectivity index (χ1n) is 3.20. The Kier molecular flexibility index (Phi) is 4.03. The Bertz CT molecular complexity index is 370. The molecular formula is C6H8AsN2O5-. The van der Waals surface area contributed by atoms with Gasteiger partial charge in [0.05, 0.1) is 0 Å². The molecule has 0 aromatic heterocycles. The van der Waals surface area contributed by atoms with Crippen molar-refractivity contribution >= 4 is 24.2 Å². The number of nitrogens with zero attached hydrogens (tertiary/aromatic N) is 1. The molecule has 1 atom stereocenters. The Hall–Kier alpha value is -1.14. The summed E-state index contributed by atoms with van der Waals surface area (Å²) < 4.78 is 29.5. The topological polar surface area (TPSA) is 138 Å². The van der Waals surface area contributed by atoms with Gasteiger partial charge in [0.1, 0.15) is 0 Å². The van der Waals surface area contributed by atoms with Gasteiger partial charge in [-0.1, -0.05) is 0 Å². The van der Waals surface area contributed by atoms with E-state index in [0.29, 0.717) is 0 Å². The number of hydrogen-bond donors (Lipinski definition) is 2. The van der Waals surface area contributed by atoms with Crippen molar-refractivity contribution in [3.8, 4) is 0 Å². The van der Waals surface area contributed by atoms with Gasteiger partial charge in [-0.3, -0.25) is 0 Å². The third-order valence-electron chi connectivity index (χ3n) is 1.39. The van der Waals surface area contributed by atoms with Gasteiger partial charge in [-0.15, -0.1) is 0 Å². The Morgan fingerprint density at radius 3 is 2.00 bits per heavy atom. The van der Waals surface area contributed by atoms with E-state index in [2.05, 4.69) is 0 Å². The van der Waals surface area contributed by atoms with E-state index >= 15 is 0 Å². The predicted octanol–water partition coefficient (Wildman–Crippen LogP) is -1.31. The molecule has 0 saturated carbocycles. The maximum absolute atomic E-state index is 10.6. The summed E-state index contributed by atoms with van der Waals surface area (Å²) in [6, 6.07) is 4.06. The Morgan fingerprint density at radius 1 is 1.29 bits per heavy atom. The van der Waals surface area contributed by atoms with Crippen LogP contribution in [0.4, 0.5) is 5.69 Å². The van der Waals surface area contributed by atoms with Crippen molar-refractivity contribution in [1.82, 2.24) is 6.15 Å². The number of nitro groups is 1. The molecule has 0 aliphatic heterocycles. The molecule has 7 nitrogen and oxygen atoms in total. The van der Waals surface area contributed by atoms with E-state index in [0.717, 1.165) is 24.3 Å². The van der Waals surface area contributed by atoms with Crippen LogP contribution in [-0.4, -0.2) is 23.2 Å². The molecule has 0 aliphatic rings. The van der Waals surface area contributed by atoms with E-state index in [1.807, 2.05) is 0 Å². The van der Waals surface area contributed by atoms with Gasteiger partial charge >= 0.3 is 75.4 Å². The second-order valence-electron chi connectivity index (χ2n) is 2.29. The standard InChI is InChI=1S/C6H6AsNO5.H3N/c9-7(10,11)5-1-3-6(4-2-5)8(12)13;/h1-4H,(H2,9,10,11);1H3/p-1. The number of hydrogen-bond acceptors (Lipinski definition) is 5. The van der Waals surface area contributed by atoms with Crippen molar-refractivity contribution in [2.75, 3.05) is 0 Å². The molecule has 0 amide bonds. The zero-order chi connectivity index (χ0) is 10.1. The molecule has 0 spiro atoms. The van der Waals surface area contributed by atoms with Gasteiger partial charge < -0.3 is 6.15 Å². The summed E-state index contributed by atoms with van der Waals surface area (Å²) in [5.41, 5.74) is -0.215. The first kappa shape index (κ1) is 12.9. The van der Waals surface area contributed by atoms with Gasteiger partial charge in [0.2, 0.25) is 0 Å². The molecular weight excluding hydrogens is 255 g/mol. The van der Waals surface area contributed by atoms with Crippen molar-refractivity contribution in [3.05, 3.63) is 34.4 Å². The van der Waals surface area contributed by atoms with Crippen LogP contribution in [0.1, 0.15) is 0 Å². The van der Waals surface area contributed by atoms with Crippen molar-refractivity contribution in [2.45, 2.75) is 0 Å². The summed E-state index contributed by atoms with van der Waals surface area (Å²) in [5.74, 6) is 0. The second kappa shape index (κ2) is 4.38. The van der Waals surface area contributed by atoms with E-state index in [-0.39, 0.29) is 16.2 Å². The minimum atomic E-state index is -5.14. The number of rotatable bonds is 2. The fourth-order valence-corrected chi connectivity index (χ4v) is 1.87. The molecule has 14 heavy (non-hydrogen) atoms. The molecule has 0 heterocycles. The average Bonchev–Trinajstić information content (AvgIpc) is 2.03. The molecule has 0 saturated heterocycles. The molecule has 1 aromatic carbocycles. The second-order valence-corrected chi connectivity index (χ2v) is 5.56. The monoisotopic (exact) mass is 263 g/mol. The fourth-order valence-electron chi connectivity index (χ4n) is 0.763. The van der Waals surface area contributed by atoms with Crippen LogP contribution in [0.5, 0.6) is 0 Å². The first-order chi connectivity index (χ1) is 5.91. The summed E-state index contributed by atoms with van der Waals surface area (Å²) in [5, 5.41) is 10.2. The SMILES string of the molecule is N.O=[N+]([O-])c1ccc([As](=O)([O-])O)cc1. The predicted molar refractivity (Wildman–Crippen MR) is 46.4 cm³/mol.